The third kappa shape index (κ3) is 7.89. The summed E-state index contributed by atoms with van der Waals surface area (Å²) in [6.45, 7) is 2.93. The molecule has 0 unspecified atom stereocenters. The lowest BCUT2D eigenvalue weighted by molar-refractivity contribution is 0.262. The van der Waals surface area contributed by atoms with Crippen molar-refractivity contribution in [3.05, 3.63) is 108 Å². The van der Waals surface area contributed by atoms with E-state index in [9.17, 15) is 57.8 Å². The lowest BCUT2D eigenvalue weighted by Gasteiger charge is -2.16. The van der Waals surface area contributed by atoms with Crippen LogP contribution in [0.25, 0.3) is 21.5 Å². The Labute approximate surface area is 320 Å². The number of urea groups is 1. The second-order valence-electron chi connectivity index (χ2n) is 12.3. The van der Waals surface area contributed by atoms with Crippen molar-refractivity contribution in [3.63, 3.8) is 0 Å². The molecule has 0 saturated carbocycles. The standard InChI is InChI=1S/C35H30N4O13S4/c1-19-9-11-21(17-31(19)53(43,44)38-33-25-5-3-7-29(55(47,48)49)23(25)13-15-27(33)40)36-35(42)37-22-12-10-20(2)32(18-22)54(45,46)39-34-26-6-4-8-30(56(50,51)52)24(26)14-16-28(34)41/h3-18,38-41H,1-2H3,(H2,36,37,42)(H,47,48,49)(H,50,51,52). The lowest BCUT2D eigenvalue weighted by Crippen LogP contribution is -2.21. The number of benzene rings is 6. The van der Waals surface area contributed by atoms with Crippen LogP contribution < -0.4 is 20.1 Å². The van der Waals surface area contributed by atoms with Crippen LogP contribution in [0.4, 0.5) is 27.5 Å². The van der Waals surface area contributed by atoms with E-state index >= 15 is 0 Å². The Morgan fingerprint density at radius 1 is 0.482 bits per heavy atom. The van der Waals surface area contributed by atoms with Gasteiger partial charge in [0.2, 0.25) is 0 Å². The van der Waals surface area contributed by atoms with Crippen LogP contribution in [-0.2, 0) is 40.3 Å². The number of carbonyl (C=O) groups is 1. The van der Waals surface area contributed by atoms with E-state index in [-0.39, 0.29) is 65.2 Å². The molecule has 2 amide bonds. The van der Waals surface area contributed by atoms with Gasteiger partial charge in [0.05, 0.1) is 21.2 Å². The van der Waals surface area contributed by atoms with Crippen molar-refractivity contribution in [1.29, 1.82) is 0 Å². The van der Waals surface area contributed by atoms with Gasteiger partial charge < -0.3 is 20.8 Å². The number of aryl methyl sites for hydroxylation is 2. The highest BCUT2D eigenvalue weighted by molar-refractivity contribution is 7.93. The van der Waals surface area contributed by atoms with Crippen LogP contribution in [0.5, 0.6) is 11.5 Å². The molecule has 6 aromatic carbocycles. The molecule has 0 spiro atoms. The van der Waals surface area contributed by atoms with Gasteiger partial charge >= 0.3 is 6.03 Å². The van der Waals surface area contributed by atoms with E-state index in [1.165, 1.54) is 74.5 Å². The molecule has 21 heteroatoms. The maximum atomic E-state index is 13.6. The van der Waals surface area contributed by atoms with Crippen LogP contribution in [0.15, 0.2) is 117 Å². The molecule has 0 bridgehead atoms. The van der Waals surface area contributed by atoms with Gasteiger partial charge in [-0.15, -0.1) is 0 Å². The molecular weight excluding hydrogens is 813 g/mol. The average Bonchev–Trinajstić information content (AvgIpc) is 3.10. The zero-order valence-corrected chi connectivity index (χ0v) is 32.1. The van der Waals surface area contributed by atoms with Crippen LogP contribution in [0.2, 0.25) is 0 Å². The number of hydrogen-bond donors (Lipinski definition) is 8. The Morgan fingerprint density at radius 3 is 1.21 bits per heavy atom. The zero-order valence-electron chi connectivity index (χ0n) is 28.8. The number of phenolic OH excluding ortho intramolecular Hbond substituents is 2. The zero-order chi connectivity index (χ0) is 41.0. The summed E-state index contributed by atoms with van der Waals surface area (Å²) in [6.07, 6.45) is 0. The van der Waals surface area contributed by atoms with Gasteiger partial charge in [-0.2, -0.15) is 16.8 Å². The number of phenols is 2. The third-order valence-corrected chi connectivity index (χ3v) is 13.3. The Kier molecular flexibility index (Phi) is 10.1. The molecule has 0 aliphatic heterocycles. The van der Waals surface area contributed by atoms with Gasteiger partial charge in [-0.25, -0.2) is 21.6 Å². The summed E-state index contributed by atoms with van der Waals surface area (Å²) in [7, 11) is -18.5. The minimum Gasteiger partial charge on any atom is -0.506 e. The molecule has 0 heterocycles. The van der Waals surface area contributed by atoms with Crippen LogP contribution in [0.3, 0.4) is 0 Å². The summed E-state index contributed by atoms with van der Waals surface area (Å²) in [4.78, 5) is 11.4. The predicted molar refractivity (Wildman–Crippen MR) is 207 cm³/mol. The van der Waals surface area contributed by atoms with Gasteiger partial charge in [-0.05, 0) is 85.6 Å². The van der Waals surface area contributed by atoms with E-state index in [1.807, 2.05) is 0 Å². The van der Waals surface area contributed by atoms with Crippen molar-refractivity contribution >= 4 is 90.6 Å². The number of rotatable bonds is 10. The van der Waals surface area contributed by atoms with E-state index in [0.717, 1.165) is 36.4 Å². The van der Waals surface area contributed by atoms with Crippen LogP contribution in [0.1, 0.15) is 11.1 Å². The summed E-state index contributed by atoms with van der Waals surface area (Å²) < 4.78 is 126. The Hall–Kier alpha value is -5.97. The van der Waals surface area contributed by atoms with Crippen LogP contribution in [0, 0.1) is 13.8 Å². The van der Waals surface area contributed by atoms with Crippen molar-refractivity contribution in [2.75, 3.05) is 20.1 Å². The first-order chi connectivity index (χ1) is 26.1. The van der Waals surface area contributed by atoms with Gasteiger partial charge in [0.25, 0.3) is 40.3 Å². The fourth-order valence-corrected chi connectivity index (χ4v) is 10.1. The number of hydrogen-bond acceptors (Lipinski definition) is 11. The van der Waals surface area contributed by atoms with E-state index in [2.05, 4.69) is 20.1 Å². The largest absolute Gasteiger partial charge is 0.506 e. The first kappa shape index (κ1) is 39.7. The summed E-state index contributed by atoms with van der Waals surface area (Å²) in [6, 6.07) is 18.7. The van der Waals surface area contributed by atoms with Crippen molar-refractivity contribution in [2.24, 2.45) is 0 Å². The molecule has 292 valence electrons. The molecule has 6 rings (SSSR count). The fourth-order valence-electron chi connectivity index (χ4n) is 5.91. The Balaban J connectivity index is 1.25. The van der Waals surface area contributed by atoms with Crippen molar-refractivity contribution in [3.8, 4) is 11.5 Å². The molecule has 0 atom stereocenters. The van der Waals surface area contributed by atoms with Crippen molar-refractivity contribution in [2.45, 2.75) is 33.4 Å². The topological polar surface area (TPSA) is 283 Å². The molecule has 0 fully saturated rings. The molecule has 0 aliphatic rings. The van der Waals surface area contributed by atoms with Gasteiger partial charge in [-0.1, -0.05) is 36.4 Å². The lowest BCUT2D eigenvalue weighted by atomic mass is 10.1. The number of amides is 2. The Morgan fingerprint density at radius 2 is 0.857 bits per heavy atom. The fraction of sp³-hybridized carbons (Fsp3) is 0.0571. The van der Waals surface area contributed by atoms with Crippen molar-refractivity contribution < 1.29 is 57.8 Å². The summed E-state index contributed by atoms with van der Waals surface area (Å²) in [5, 5.41) is 25.8. The molecule has 0 radical (unpaired) electrons. The highest BCUT2D eigenvalue weighted by Gasteiger charge is 2.25. The number of carbonyl (C=O) groups excluding carboxylic acids is 1. The molecule has 6 aromatic rings. The molecule has 0 aromatic heterocycles. The molecule has 8 N–H and O–H groups in total. The van der Waals surface area contributed by atoms with Gasteiger partial charge in [0.1, 0.15) is 21.3 Å². The first-order valence-corrected chi connectivity index (χ1v) is 21.7. The van der Waals surface area contributed by atoms with Crippen LogP contribution in [-0.4, -0.2) is 59.0 Å². The summed E-state index contributed by atoms with van der Waals surface area (Å²) >= 11 is 0. The predicted octanol–water partition coefficient (Wildman–Crippen LogP) is 5.76. The van der Waals surface area contributed by atoms with Gasteiger partial charge in [0.15, 0.2) is 0 Å². The number of anilines is 4. The molecule has 56 heavy (non-hydrogen) atoms. The number of aromatic hydroxyl groups is 2. The van der Waals surface area contributed by atoms with Gasteiger partial charge in [0, 0.05) is 32.9 Å². The second kappa shape index (κ2) is 14.3. The SMILES string of the molecule is Cc1ccc(NC(=O)Nc2ccc(C)c(S(=O)(=O)Nc3c(O)ccc4c(S(=O)(=O)O)cccc34)c2)cc1S(=O)(=O)Nc1c(O)ccc2c(S(=O)(=O)O)cccc12. The van der Waals surface area contributed by atoms with Crippen molar-refractivity contribution in [1.82, 2.24) is 0 Å². The summed E-state index contributed by atoms with van der Waals surface area (Å²) in [5.74, 6) is -1.09. The van der Waals surface area contributed by atoms with E-state index in [1.54, 1.807) is 0 Å². The molecular formula is C35H30N4O13S4. The molecule has 0 aliphatic carbocycles. The maximum absolute atomic E-state index is 13.6. The third-order valence-electron chi connectivity index (χ3n) is 8.50. The number of fused-ring (bicyclic) bond motifs is 2. The van der Waals surface area contributed by atoms with Crippen LogP contribution >= 0.6 is 0 Å². The highest BCUT2D eigenvalue weighted by atomic mass is 32.2. The highest BCUT2D eigenvalue weighted by Crippen LogP contribution is 2.39. The molecule has 17 nitrogen and oxygen atoms in total. The molecule has 0 saturated heterocycles. The monoisotopic (exact) mass is 842 g/mol. The Bertz CT molecular complexity index is 2880. The summed E-state index contributed by atoms with van der Waals surface area (Å²) in [5.41, 5.74) is -0.366. The number of sulfonamides is 2. The van der Waals surface area contributed by atoms with Gasteiger partial charge in [-0.3, -0.25) is 18.5 Å². The maximum Gasteiger partial charge on any atom is 0.323 e. The van der Waals surface area contributed by atoms with E-state index < -0.39 is 67.6 Å². The van der Waals surface area contributed by atoms with E-state index in [0.29, 0.717) is 0 Å². The first-order valence-electron chi connectivity index (χ1n) is 15.9. The number of nitrogens with one attached hydrogen (secondary N) is 4. The van der Waals surface area contributed by atoms with E-state index in [4.69, 9.17) is 0 Å². The smallest absolute Gasteiger partial charge is 0.323 e. The second-order valence-corrected chi connectivity index (χ2v) is 18.4. The average molecular weight is 843 g/mol. The minimum atomic E-state index is -4.71. The minimum absolute atomic E-state index is 0.0263. The normalized spacial score (nSPS) is 12.4. The quantitative estimate of drug-likeness (QED) is 0.0602.